The van der Waals surface area contributed by atoms with E-state index in [-0.39, 0.29) is 6.54 Å². The van der Waals surface area contributed by atoms with E-state index >= 15 is 0 Å². The normalized spacial score (nSPS) is 11.7. The van der Waals surface area contributed by atoms with Gasteiger partial charge in [0.05, 0.1) is 17.8 Å². The van der Waals surface area contributed by atoms with Crippen LogP contribution in [-0.4, -0.2) is 27.0 Å². The molecule has 2 aromatic heterocycles. The maximum absolute atomic E-state index is 12.9. The van der Waals surface area contributed by atoms with Crippen LogP contribution < -0.4 is 10.8 Å². The number of nitrogens with one attached hydrogen (secondary N) is 2. The molecule has 0 saturated heterocycles. The van der Waals surface area contributed by atoms with Crippen LogP contribution in [0.25, 0.3) is 5.65 Å². The molecule has 0 radical (unpaired) electrons. The van der Waals surface area contributed by atoms with E-state index in [1.165, 1.54) is 15.9 Å². The van der Waals surface area contributed by atoms with E-state index in [4.69, 9.17) is 5.21 Å². The van der Waals surface area contributed by atoms with E-state index < -0.39 is 17.6 Å². The van der Waals surface area contributed by atoms with E-state index in [9.17, 15) is 18.0 Å². The second-order valence-electron chi connectivity index (χ2n) is 5.40. The summed E-state index contributed by atoms with van der Waals surface area (Å²) in [5, 5.41) is 11.3. The summed E-state index contributed by atoms with van der Waals surface area (Å²) in [6.45, 7) is 1.80. The molecule has 0 saturated carbocycles. The Hall–Kier alpha value is -2.29. The van der Waals surface area contributed by atoms with Crippen molar-refractivity contribution < 1.29 is 23.2 Å². The molecule has 0 aromatic carbocycles. The summed E-state index contributed by atoms with van der Waals surface area (Å²) >= 11 is 0. The average Bonchev–Trinajstić information content (AvgIpc) is 2.89. The minimum absolute atomic E-state index is 0.229. The van der Waals surface area contributed by atoms with Gasteiger partial charge in [0.25, 0.3) is 5.91 Å². The number of unbranched alkanes of at least 4 members (excludes halogenated alkanes) is 2. The summed E-state index contributed by atoms with van der Waals surface area (Å²) in [7, 11) is 0. The quantitative estimate of drug-likeness (QED) is 0.410. The molecule has 1 amide bonds. The van der Waals surface area contributed by atoms with Crippen LogP contribution in [0.5, 0.6) is 0 Å². The van der Waals surface area contributed by atoms with Crippen molar-refractivity contribution in [2.45, 2.75) is 38.8 Å². The van der Waals surface area contributed by atoms with Crippen molar-refractivity contribution in [2.24, 2.45) is 0 Å². The van der Waals surface area contributed by atoms with Crippen LogP contribution in [0.15, 0.2) is 18.3 Å². The van der Waals surface area contributed by atoms with Crippen LogP contribution in [0.4, 0.5) is 19.0 Å². The molecule has 24 heavy (non-hydrogen) atoms. The van der Waals surface area contributed by atoms with Crippen molar-refractivity contribution in [3.05, 3.63) is 29.6 Å². The lowest BCUT2D eigenvalue weighted by Gasteiger charge is -2.09. The van der Waals surface area contributed by atoms with E-state index in [0.29, 0.717) is 23.6 Å². The number of carbonyl (C=O) groups excluding carboxylic acids is 1. The lowest BCUT2D eigenvalue weighted by atomic mass is 10.1. The smallest absolute Gasteiger partial charge is 0.359 e. The van der Waals surface area contributed by atoms with E-state index in [2.05, 4.69) is 10.3 Å². The molecule has 3 N–H and O–H groups in total. The Kier molecular flexibility index (Phi) is 5.66. The second-order valence-corrected chi connectivity index (χ2v) is 5.40. The van der Waals surface area contributed by atoms with Crippen LogP contribution >= 0.6 is 0 Å². The fourth-order valence-electron chi connectivity index (χ4n) is 2.39. The number of imidazole rings is 1. The maximum Gasteiger partial charge on any atom is 0.417 e. The van der Waals surface area contributed by atoms with Gasteiger partial charge >= 0.3 is 6.18 Å². The number of alkyl halides is 3. The number of fused-ring (bicyclic) bond motifs is 1. The Morgan fingerprint density at radius 3 is 2.71 bits per heavy atom. The summed E-state index contributed by atoms with van der Waals surface area (Å²) in [4.78, 5) is 15.4. The number of aryl methyl sites for hydroxylation is 1. The van der Waals surface area contributed by atoms with Crippen LogP contribution in [0.3, 0.4) is 0 Å². The molecule has 0 bridgehead atoms. The molecule has 2 heterocycles. The highest BCUT2D eigenvalue weighted by atomic mass is 19.4. The summed E-state index contributed by atoms with van der Waals surface area (Å²) in [6, 6.07) is 2.27. The molecule has 132 valence electrons. The van der Waals surface area contributed by atoms with E-state index in [1.54, 1.807) is 0 Å². The molecule has 0 aliphatic heterocycles. The molecule has 2 rings (SSSR count). The van der Waals surface area contributed by atoms with Crippen molar-refractivity contribution >= 4 is 17.4 Å². The van der Waals surface area contributed by atoms with Crippen LogP contribution in [0, 0.1) is 0 Å². The molecule has 2 aromatic rings. The monoisotopic (exact) mass is 344 g/mol. The molecule has 0 fully saturated rings. The number of rotatable bonds is 7. The molecule has 0 atom stereocenters. The minimum atomic E-state index is -4.44. The predicted octanol–water partition coefficient (Wildman–Crippen LogP) is 3.00. The van der Waals surface area contributed by atoms with Gasteiger partial charge in [0.1, 0.15) is 11.5 Å². The molecule has 9 heteroatoms. The Labute approximate surface area is 136 Å². The number of halogens is 3. The van der Waals surface area contributed by atoms with Gasteiger partial charge in [-0.3, -0.25) is 10.0 Å². The number of nitrogens with zero attached hydrogens (tertiary/aromatic N) is 2. The average molecular weight is 344 g/mol. The topological polar surface area (TPSA) is 78.7 Å². The molecule has 0 aliphatic rings. The maximum atomic E-state index is 12.9. The van der Waals surface area contributed by atoms with Gasteiger partial charge in [0, 0.05) is 6.20 Å². The zero-order chi connectivity index (χ0) is 17.7. The van der Waals surface area contributed by atoms with Gasteiger partial charge in [-0.1, -0.05) is 19.8 Å². The third kappa shape index (κ3) is 4.16. The Morgan fingerprint density at radius 1 is 1.33 bits per heavy atom. The Bertz CT molecular complexity index is 713. The van der Waals surface area contributed by atoms with Crippen molar-refractivity contribution in [3.63, 3.8) is 0 Å². The first-order valence-electron chi connectivity index (χ1n) is 7.61. The molecule has 6 nitrogen and oxygen atoms in total. The van der Waals surface area contributed by atoms with Gasteiger partial charge in [0.2, 0.25) is 0 Å². The largest absolute Gasteiger partial charge is 0.417 e. The zero-order valence-electron chi connectivity index (χ0n) is 13.2. The lowest BCUT2D eigenvalue weighted by molar-refractivity contribution is -0.137. The van der Waals surface area contributed by atoms with E-state index in [0.717, 1.165) is 31.5 Å². The first-order valence-corrected chi connectivity index (χ1v) is 7.61. The lowest BCUT2D eigenvalue weighted by Crippen LogP contribution is -2.27. The van der Waals surface area contributed by atoms with Crippen LogP contribution in [0.1, 0.15) is 37.4 Å². The molecule has 0 unspecified atom stereocenters. The van der Waals surface area contributed by atoms with Crippen LogP contribution in [0.2, 0.25) is 0 Å². The summed E-state index contributed by atoms with van der Waals surface area (Å²) in [5.74, 6) is -0.323. The molecular formula is C15H19F3N4O2. The van der Waals surface area contributed by atoms with Crippen molar-refractivity contribution in [2.75, 3.05) is 11.9 Å². The SMILES string of the molecule is CCCCCc1c(NCC(=O)NO)nc2ccc(C(F)(F)F)cn12. The minimum Gasteiger partial charge on any atom is -0.359 e. The Balaban J connectivity index is 2.39. The number of amides is 1. The number of hydrogen-bond donors (Lipinski definition) is 3. The van der Waals surface area contributed by atoms with Gasteiger partial charge in [0.15, 0.2) is 0 Å². The predicted molar refractivity (Wildman–Crippen MR) is 81.8 cm³/mol. The number of hydrogen-bond acceptors (Lipinski definition) is 4. The van der Waals surface area contributed by atoms with E-state index in [1.807, 2.05) is 6.92 Å². The van der Waals surface area contributed by atoms with Gasteiger partial charge in [-0.15, -0.1) is 0 Å². The van der Waals surface area contributed by atoms with Crippen molar-refractivity contribution in [1.29, 1.82) is 0 Å². The highest BCUT2D eigenvalue weighted by Gasteiger charge is 2.31. The van der Waals surface area contributed by atoms with Gasteiger partial charge < -0.3 is 9.72 Å². The van der Waals surface area contributed by atoms with Gasteiger partial charge in [-0.05, 0) is 25.0 Å². The first-order chi connectivity index (χ1) is 11.4. The summed E-state index contributed by atoms with van der Waals surface area (Å²) in [6.07, 6.45) is -0.200. The van der Waals surface area contributed by atoms with Crippen LogP contribution in [-0.2, 0) is 17.4 Å². The second kappa shape index (κ2) is 7.52. The summed E-state index contributed by atoms with van der Waals surface area (Å²) < 4.78 is 40.2. The highest BCUT2D eigenvalue weighted by molar-refractivity contribution is 5.79. The molecule has 0 aliphatic carbocycles. The molecule has 0 spiro atoms. The van der Waals surface area contributed by atoms with Crippen molar-refractivity contribution in [3.8, 4) is 0 Å². The third-order valence-electron chi connectivity index (χ3n) is 3.60. The fourth-order valence-corrected chi connectivity index (χ4v) is 2.39. The number of carbonyl (C=O) groups is 1. The zero-order valence-corrected chi connectivity index (χ0v) is 13.2. The number of hydroxylamine groups is 1. The summed E-state index contributed by atoms with van der Waals surface area (Å²) in [5.41, 5.74) is 1.67. The standard InChI is InChI=1S/C15H19F3N4O2/c1-2-3-4-5-11-14(19-8-13(23)21-24)20-12-7-6-10(9-22(11)12)15(16,17)18/h6-7,9,19,24H,2-5,8H2,1H3,(H,21,23). The number of anilines is 1. The number of aromatic nitrogens is 2. The molecular weight excluding hydrogens is 325 g/mol. The highest BCUT2D eigenvalue weighted by Crippen LogP contribution is 2.30. The van der Waals surface area contributed by atoms with Gasteiger partial charge in [-0.25, -0.2) is 10.5 Å². The first kappa shape index (κ1) is 18.1. The third-order valence-corrected chi connectivity index (χ3v) is 3.60. The fraction of sp³-hybridized carbons (Fsp3) is 0.467. The van der Waals surface area contributed by atoms with Crippen molar-refractivity contribution in [1.82, 2.24) is 14.9 Å². The number of pyridine rings is 1. The van der Waals surface area contributed by atoms with Gasteiger partial charge in [-0.2, -0.15) is 13.2 Å². The Morgan fingerprint density at radius 2 is 2.08 bits per heavy atom.